The summed E-state index contributed by atoms with van der Waals surface area (Å²) in [6, 6.07) is 3.99. The number of hydrogen-bond acceptors (Lipinski definition) is 5. The summed E-state index contributed by atoms with van der Waals surface area (Å²) < 4.78 is 5.26. The number of aliphatic hydroxyl groups excluding tert-OH is 1. The van der Waals surface area contributed by atoms with Crippen LogP contribution >= 0.6 is 11.3 Å². The first-order valence-corrected chi connectivity index (χ1v) is 8.95. The van der Waals surface area contributed by atoms with Gasteiger partial charge in [0.1, 0.15) is 11.9 Å². The van der Waals surface area contributed by atoms with Gasteiger partial charge in [0.2, 0.25) is 0 Å². The van der Waals surface area contributed by atoms with E-state index in [-0.39, 0.29) is 17.5 Å². The highest BCUT2D eigenvalue weighted by Gasteiger charge is 2.23. The lowest BCUT2D eigenvalue weighted by Crippen LogP contribution is -2.30. The average molecular weight is 337 g/mol. The lowest BCUT2D eigenvalue weighted by Gasteiger charge is -2.21. The number of nitrogens with one attached hydrogen (secondary N) is 1. The molecule has 2 heterocycles. The summed E-state index contributed by atoms with van der Waals surface area (Å²) in [6.45, 7) is 12.9. The molecule has 2 rings (SSSR count). The topological polar surface area (TPSA) is 58.3 Å². The number of aliphatic hydroxyl groups is 1. The van der Waals surface area contributed by atoms with Gasteiger partial charge in [-0.05, 0) is 39.3 Å². The number of aromatic nitrogens is 1. The van der Waals surface area contributed by atoms with Crippen LogP contribution in [0.15, 0.2) is 22.8 Å². The molecule has 4 nitrogen and oxygen atoms in total. The Bertz CT molecular complexity index is 614. The van der Waals surface area contributed by atoms with Crippen molar-refractivity contribution in [2.45, 2.75) is 71.6 Å². The maximum atomic E-state index is 10.2. The molecule has 0 saturated carbocycles. The van der Waals surface area contributed by atoms with Crippen molar-refractivity contribution in [1.29, 1.82) is 0 Å². The Labute approximate surface area is 143 Å². The van der Waals surface area contributed by atoms with Crippen molar-refractivity contribution in [2.24, 2.45) is 0 Å². The third-order valence-electron chi connectivity index (χ3n) is 3.85. The number of furan rings is 1. The first kappa shape index (κ1) is 18.2. The first-order chi connectivity index (χ1) is 10.7. The zero-order chi connectivity index (χ0) is 17.2. The summed E-state index contributed by atoms with van der Waals surface area (Å²) >= 11 is 1.78. The summed E-state index contributed by atoms with van der Waals surface area (Å²) in [5, 5.41) is 14.9. The minimum absolute atomic E-state index is 0.0779. The van der Waals surface area contributed by atoms with Gasteiger partial charge in [-0.25, -0.2) is 4.98 Å². The molecule has 2 N–H and O–H groups in total. The molecule has 3 atom stereocenters. The lowest BCUT2D eigenvalue weighted by atomic mass is 9.98. The van der Waals surface area contributed by atoms with Gasteiger partial charge >= 0.3 is 0 Å². The maximum Gasteiger partial charge on any atom is 0.132 e. The quantitative estimate of drug-likeness (QED) is 0.815. The fourth-order valence-corrected chi connectivity index (χ4v) is 3.77. The van der Waals surface area contributed by atoms with Gasteiger partial charge in [0.25, 0.3) is 0 Å². The van der Waals surface area contributed by atoms with Gasteiger partial charge < -0.3 is 14.8 Å². The van der Waals surface area contributed by atoms with E-state index < -0.39 is 6.10 Å². The van der Waals surface area contributed by atoms with E-state index >= 15 is 0 Å². The number of nitrogens with zero attached hydrogens (tertiary/aromatic N) is 1. The Kier molecular flexibility index (Phi) is 5.65. The Balaban J connectivity index is 1.98. The predicted octanol–water partition coefficient (Wildman–Crippen LogP) is 4.50. The largest absolute Gasteiger partial charge is 0.467 e. The third-order valence-corrected chi connectivity index (χ3v) is 5.62. The van der Waals surface area contributed by atoms with Crippen molar-refractivity contribution in [2.75, 3.05) is 0 Å². The number of thiazole rings is 1. The van der Waals surface area contributed by atoms with Crippen LogP contribution in [0.1, 0.15) is 74.5 Å². The van der Waals surface area contributed by atoms with E-state index in [1.807, 2.05) is 6.07 Å². The molecule has 0 aliphatic rings. The molecule has 0 aromatic carbocycles. The van der Waals surface area contributed by atoms with E-state index in [1.54, 1.807) is 23.7 Å². The molecular weight excluding hydrogens is 308 g/mol. The molecular formula is C18H28N2O2S. The molecule has 2 aromatic rings. The Morgan fingerprint density at radius 3 is 2.57 bits per heavy atom. The van der Waals surface area contributed by atoms with Crippen molar-refractivity contribution >= 4 is 11.3 Å². The van der Waals surface area contributed by atoms with Gasteiger partial charge in [0, 0.05) is 22.4 Å². The number of rotatable bonds is 6. The Morgan fingerprint density at radius 1 is 1.35 bits per heavy atom. The standard InChI is InChI=1S/C18H28N2O2S/c1-11(10-14(21)15-8-7-9-22-15)19-12(2)16-13(3)20-17(23-16)18(4,5)6/h7-9,11-12,14,19,21H,10H2,1-6H3. The number of aryl methyl sites for hydroxylation is 1. The van der Waals surface area contributed by atoms with Crippen molar-refractivity contribution in [1.82, 2.24) is 10.3 Å². The van der Waals surface area contributed by atoms with Crippen LogP contribution in [-0.2, 0) is 5.41 Å². The second kappa shape index (κ2) is 7.16. The van der Waals surface area contributed by atoms with Gasteiger partial charge in [-0.3, -0.25) is 0 Å². The van der Waals surface area contributed by atoms with Gasteiger partial charge in [-0.2, -0.15) is 0 Å². The van der Waals surface area contributed by atoms with E-state index in [9.17, 15) is 5.11 Å². The molecule has 3 unspecified atom stereocenters. The molecule has 23 heavy (non-hydrogen) atoms. The zero-order valence-electron chi connectivity index (χ0n) is 14.9. The van der Waals surface area contributed by atoms with Crippen LogP contribution in [0.3, 0.4) is 0 Å². The highest BCUT2D eigenvalue weighted by Crippen LogP contribution is 2.33. The fourth-order valence-electron chi connectivity index (χ4n) is 2.63. The van der Waals surface area contributed by atoms with Crippen molar-refractivity contribution in [3.8, 4) is 0 Å². The monoisotopic (exact) mass is 336 g/mol. The molecule has 0 aliphatic heterocycles. The van der Waals surface area contributed by atoms with Crippen LogP contribution in [-0.4, -0.2) is 16.1 Å². The van der Waals surface area contributed by atoms with Gasteiger partial charge in [-0.15, -0.1) is 11.3 Å². The predicted molar refractivity (Wildman–Crippen MR) is 94.8 cm³/mol. The van der Waals surface area contributed by atoms with Gasteiger partial charge in [0.05, 0.1) is 17.0 Å². The van der Waals surface area contributed by atoms with Gasteiger partial charge in [0.15, 0.2) is 0 Å². The molecule has 0 radical (unpaired) electrons. The van der Waals surface area contributed by atoms with E-state index in [0.717, 1.165) is 5.69 Å². The fraction of sp³-hybridized carbons (Fsp3) is 0.611. The number of hydrogen-bond donors (Lipinski definition) is 2. The minimum Gasteiger partial charge on any atom is -0.467 e. The summed E-state index contributed by atoms with van der Waals surface area (Å²) in [5.41, 5.74) is 1.17. The zero-order valence-corrected chi connectivity index (χ0v) is 15.7. The van der Waals surface area contributed by atoms with Crippen LogP contribution in [0.2, 0.25) is 0 Å². The van der Waals surface area contributed by atoms with E-state index in [0.29, 0.717) is 12.2 Å². The summed E-state index contributed by atoms with van der Waals surface area (Å²) in [5.74, 6) is 0.621. The maximum absolute atomic E-state index is 10.2. The SMILES string of the molecule is Cc1nc(C(C)(C)C)sc1C(C)NC(C)CC(O)c1ccco1. The molecule has 0 bridgehead atoms. The second-order valence-corrected chi connectivity index (χ2v) is 8.31. The van der Waals surface area contributed by atoms with Crippen molar-refractivity contribution in [3.63, 3.8) is 0 Å². The van der Waals surface area contributed by atoms with Crippen LogP contribution in [0, 0.1) is 6.92 Å². The molecule has 128 valence electrons. The van der Waals surface area contributed by atoms with E-state index in [4.69, 9.17) is 9.40 Å². The highest BCUT2D eigenvalue weighted by atomic mass is 32.1. The van der Waals surface area contributed by atoms with Crippen LogP contribution < -0.4 is 5.32 Å². The third kappa shape index (κ3) is 4.66. The molecule has 0 fully saturated rings. The summed E-state index contributed by atoms with van der Waals surface area (Å²) in [6.07, 6.45) is 1.63. The normalized spacial score (nSPS) is 16.3. The van der Waals surface area contributed by atoms with Crippen LogP contribution in [0.4, 0.5) is 0 Å². The van der Waals surface area contributed by atoms with Crippen LogP contribution in [0.5, 0.6) is 0 Å². The molecule has 0 spiro atoms. The average Bonchev–Trinajstić information content (AvgIpc) is 3.06. The Morgan fingerprint density at radius 2 is 2.04 bits per heavy atom. The molecule has 0 aliphatic carbocycles. The minimum atomic E-state index is -0.576. The highest BCUT2D eigenvalue weighted by molar-refractivity contribution is 7.12. The molecule has 0 amide bonds. The Hall–Kier alpha value is -1.17. The summed E-state index contributed by atoms with van der Waals surface area (Å²) in [7, 11) is 0. The van der Waals surface area contributed by atoms with Crippen molar-refractivity contribution in [3.05, 3.63) is 39.7 Å². The molecule has 2 aromatic heterocycles. The van der Waals surface area contributed by atoms with Crippen molar-refractivity contribution < 1.29 is 9.52 Å². The molecule has 0 saturated heterocycles. The molecule has 5 heteroatoms. The summed E-state index contributed by atoms with van der Waals surface area (Å²) in [4.78, 5) is 6.00. The first-order valence-electron chi connectivity index (χ1n) is 8.13. The lowest BCUT2D eigenvalue weighted by molar-refractivity contribution is 0.127. The smallest absolute Gasteiger partial charge is 0.132 e. The second-order valence-electron chi connectivity index (χ2n) is 7.28. The van der Waals surface area contributed by atoms with E-state index in [1.165, 1.54) is 9.88 Å². The van der Waals surface area contributed by atoms with Gasteiger partial charge in [-0.1, -0.05) is 20.8 Å². The van der Waals surface area contributed by atoms with Crippen LogP contribution in [0.25, 0.3) is 0 Å². The van der Waals surface area contributed by atoms with E-state index in [2.05, 4.69) is 46.9 Å².